The molecule has 8 heteroatoms. The zero-order valence-electron chi connectivity index (χ0n) is 15.3. The van der Waals surface area contributed by atoms with E-state index in [-0.39, 0.29) is 6.54 Å². The Morgan fingerprint density at radius 2 is 1.92 bits per heavy atom. The quantitative estimate of drug-likeness (QED) is 0.634. The lowest BCUT2D eigenvalue weighted by atomic mass is 10.0. The second kappa shape index (κ2) is 8.03. The lowest BCUT2D eigenvalue weighted by Gasteiger charge is -2.22. The Hall–Kier alpha value is -2.16. The first-order chi connectivity index (χ1) is 12.1. The summed E-state index contributed by atoms with van der Waals surface area (Å²) in [5, 5.41) is 23.3. The third-order valence-electron chi connectivity index (χ3n) is 3.56. The number of benzene rings is 1. The summed E-state index contributed by atoms with van der Waals surface area (Å²) < 4.78 is 5.09. The summed E-state index contributed by atoms with van der Waals surface area (Å²) >= 11 is 1.42. The van der Waals surface area contributed by atoms with Crippen molar-refractivity contribution in [2.75, 3.05) is 12.3 Å². The number of rotatable bonds is 5. The molecule has 1 aromatic heterocycles. The van der Waals surface area contributed by atoms with Crippen LogP contribution in [-0.2, 0) is 4.74 Å². The average molecular weight is 379 g/mol. The van der Waals surface area contributed by atoms with Gasteiger partial charge >= 0.3 is 6.09 Å². The number of aromatic nitrogens is 1. The number of carbonyl (C=O) groups excluding carboxylic acids is 1. The molecule has 5 N–H and O–H groups in total. The Morgan fingerprint density at radius 3 is 2.42 bits per heavy atom. The number of nitrogens with one attached hydrogen (secondary N) is 1. The number of nitrogen functional groups attached to an aromatic ring is 1. The number of alkyl carbamates (subject to hydrolysis) is 1. The fraction of sp³-hybridized carbons (Fsp3) is 0.444. The largest absolute Gasteiger partial charge is 0.444 e. The maximum absolute atomic E-state index is 11.6. The molecule has 2 rings (SSSR count). The topological polar surface area (TPSA) is 118 Å². The fourth-order valence-corrected chi connectivity index (χ4v) is 3.07. The number of carbonyl (C=O) groups is 1. The van der Waals surface area contributed by atoms with Crippen LogP contribution in [0, 0.1) is 6.92 Å². The van der Waals surface area contributed by atoms with Gasteiger partial charge in [0.2, 0.25) is 0 Å². The number of nitrogens with two attached hydrogens (primary N) is 1. The third-order valence-corrected chi connectivity index (χ3v) is 4.36. The van der Waals surface area contributed by atoms with Gasteiger partial charge in [-0.05, 0) is 33.3 Å². The molecule has 1 amide bonds. The van der Waals surface area contributed by atoms with Gasteiger partial charge in [-0.25, -0.2) is 9.78 Å². The number of aliphatic hydroxyl groups excluding tert-OH is 2. The average Bonchev–Trinajstić information content (AvgIpc) is 2.89. The highest BCUT2D eigenvalue weighted by atomic mass is 32.1. The van der Waals surface area contributed by atoms with Gasteiger partial charge in [-0.15, -0.1) is 11.3 Å². The van der Waals surface area contributed by atoms with E-state index in [4.69, 9.17) is 10.5 Å². The van der Waals surface area contributed by atoms with E-state index in [1.54, 1.807) is 32.9 Å². The standard InChI is InChI=1S/C18H25N3O4S/c1-10-14(21-16(19)26-10)11-5-7-12(8-6-11)15(23)13(22)9-20-17(24)25-18(2,3)4/h5-8,13,15,22-23H,9H2,1-4H3,(H2,19,21)(H,20,24). The second-order valence-corrected chi connectivity index (χ2v) is 8.21. The monoisotopic (exact) mass is 379 g/mol. The number of nitrogens with zero attached hydrogens (tertiary/aromatic N) is 1. The SMILES string of the molecule is Cc1sc(N)nc1-c1ccc(C(O)C(O)CNC(=O)OC(C)(C)C)cc1. The Morgan fingerprint density at radius 1 is 1.31 bits per heavy atom. The smallest absolute Gasteiger partial charge is 0.407 e. The van der Waals surface area contributed by atoms with Gasteiger partial charge in [0.05, 0.1) is 5.69 Å². The first-order valence-corrected chi connectivity index (χ1v) is 9.04. The van der Waals surface area contributed by atoms with E-state index in [9.17, 15) is 15.0 Å². The van der Waals surface area contributed by atoms with E-state index >= 15 is 0 Å². The van der Waals surface area contributed by atoms with Gasteiger partial charge in [0.1, 0.15) is 17.8 Å². The number of hydrogen-bond acceptors (Lipinski definition) is 7. The van der Waals surface area contributed by atoms with E-state index < -0.39 is 23.9 Å². The van der Waals surface area contributed by atoms with Crippen LogP contribution in [0.25, 0.3) is 11.3 Å². The molecule has 142 valence electrons. The van der Waals surface area contributed by atoms with Crippen molar-refractivity contribution in [3.63, 3.8) is 0 Å². The van der Waals surface area contributed by atoms with Crippen LogP contribution >= 0.6 is 11.3 Å². The van der Waals surface area contributed by atoms with E-state index in [2.05, 4.69) is 10.3 Å². The Labute approximate surface area is 156 Å². The molecule has 0 spiro atoms. The van der Waals surface area contributed by atoms with Gasteiger partial charge in [0.25, 0.3) is 0 Å². The Bertz CT molecular complexity index is 753. The predicted molar refractivity (Wildman–Crippen MR) is 102 cm³/mol. The van der Waals surface area contributed by atoms with Crippen LogP contribution in [0.3, 0.4) is 0 Å². The van der Waals surface area contributed by atoms with E-state index in [0.29, 0.717) is 10.7 Å². The molecular weight excluding hydrogens is 354 g/mol. The van der Waals surface area contributed by atoms with Crippen molar-refractivity contribution < 1.29 is 19.7 Å². The molecule has 2 unspecified atom stereocenters. The molecule has 26 heavy (non-hydrogen) atoms. The van der Waals surface area contributed by atoms with Crippen molar-refractivity contribution in [2.24, 2.45) is 0 Å². The van der Waals surface area contributed by atoms with Crippen LogP contribution in [0.4, 0.5) is 9.93 Å². The first kappa shape index (κ1) is 20.2. The van der Waals surface area contributed by atoms with Crippen molar-refractivity contribution in [3.05, 3.63) is 34.7 Å². The third kappa shape index (κ3) is 5.42. The lowest BCUT2D eigenvalue weighted by molar-refractivity contribution is 0.0129. The minimum atomic E-state index is -1.16. The fourth-order valence-electron chi connectivity index (χ4n) is 2.36. The number of ether oxygens (including phenoxy) is 1. The highest BCUT2D eigenvalue weighted by molar-refractivity contribution is 7.15. The van der Waals surface area contributed by atoms with Crippen LogP contribution in [0.15, 0.2) is 24.3 Å². The molecule has 2 aromatic rings. The van der Waals surface area contributed by atoms with E-state index in [0.717, 1.165) is 16.1 Å². The summed E-state index contributed by atoms with van der Waals surface area (Å²) in [5.41, 5.74) is 7.32. The molecule has 0 aliphatic rings. The number of amides is 1. The number of aryl methyl sites for hydroxylation is 1. The summed E-state index contributed by atoms with van der Waals surface area (Å²) in [6.45, 7) is 7.06. The molecule has 7 nitrogen and oxygen atoms in total. The summed E-state index contributed by atoms with van der Waals surface area (Å²) in [6, 6.07) is 7.06. The number of anilines is 1. The van der Waals surface area contributed by atoms with Crippen LogP contribution in [0.5, 0.6) is 0 Å². The summed E-state index contributed by atoms with van der Waals surface area (Å²) in [7, 11) is 0. The van der Waals surface area contributed by atoms with Gasteiger partial charge in [0.15, 0.2) is 5.13 Å². The van der Waals surface area contributed by atoms with E-state index in [1.165, 1.54) is 11.3 Å². The minimum Gasteiger partial charge on any atom is -0.444 e. The molecule has 1 heterocycles. The highest BCUT2D eigenvalue weighted by Crippen LogP contribution is 2.29. The van der Waals surface area contributed by atoms with Crippen LogP contribution in [0.2, 0.25) is 0 Å². The molecule has 1 aromatic carbocycles. The van der Waals surface area contributed by atoms with Gasteiger partial charge in [-0.1, -0.05) is 24.3 Å². The van der Waals surface area contributed by atoms with Gasteiger partial charge in [-0.2, -0.15) is 0 Å². The molecule has 0 saturated heterocycles. The van der Waals surface area contributed by atoms with E-state index in [1.807, 2.05) is 19.1 Å². The van der Waals surface area contributed by atoms with Crippen molar-refractivity contribution >= 4 is 22.6 Å². The van der Waals surface area contributed by atoms with Gasteiger partial charge in [0, 0.05) is 17.0 Å². The minimum absolute atomic E-state index is 0.125. The predicted octanol–water partition coefficient (Wildman–Crippen LogP) is 2.62. The van der Waals surface area contributed by atoms with Crippen molar-refractivity contribution in [3.8, 4) is 11.3 Å². The number of aliphatic hydroxyl groups is 2. The Kier molecular flexibility index (Phi) is 6.22. The molecule has 0 fully saturated rings. The Balaban J connectivity index is 1.97. The molecule has 0 radical (unpaired) electrons. The van der Waals surface area contributed by atoms with Crippen molar-refractivity contribution in [1.82, 2.24) is 10.3 Å². The molecular formula is C18H25N3O4S. The summed E-state index contributed by atoms with van der Waals surface area (Å²) in [6.07, 6.45) is -2.94. The normalized spacial score (nSPS) is 13.9. The summed E-state index contributed by atoms with van der Waals surface area (Å²) in [5.74, 6) is 0. The first-order valence-electron chi connectivity index (χ1n) is 8.23. The second-order valence-electron chi connectivity index (χ2n) is 6.97. The maximum Gasteiger partial charge on any atom is 0.407 e. The van der Waals surface area contributed by atoms with Crippen LogP contribution in [0.1, 0.15) is 37.3 Å². The highest BCUT2D eigenvalue weighted by Gasteiger charge is 2.21. The lowest BCUT2D eigenvalue weighted by Crippen LogP contribution is -2.38. The van der Waals surface area contributed by atoms with Crippen molar-refractivity contribution in [1.29, 1.82) is 0 Å². The zero-order chi connectivity index (χ0) is 19.5. The summed E-state index contributed by atoms with van der Waals surface area (Å²) in [4.78, 5) is 16.9. The number of hydrogen-bond donors (Lipinski definition) is 4. The molecule has 0 saturated carbocycles. The molecule has 0 aliphatic heterocycles. The van der Waals surface area contributed by atoms with Gasteiger partial charge in [-0.3, -0.25) is 0 Å². The molecule has 0 bridgehead atoms. The van der Waals surface area contributed by atoms with Gasteiger partial charge < -0.3 is 26.0 Å². The van der Waals surface area contributed by atoms with Crippen molar-refractivity contribution in [2.45, 2.75) is 45.5 Å². The molecule has 0 aliphatic carbocycles. The number of thiazole rings is 1. The maximum atomic E-state index is 11.6. The molecule has 2 atom stereocenters. The zero-order valence-corrected chi connectivity index (χ0v) is 16.1. The van der Waals surface area contributed by atoms with Crippen LogP contribution in [-0.4, -0.2) is 39.5 Å². The van der Waals surface area contributed by atoms with Crippen LogP contribution < -0.4 is 11.1 Å².